The Balaban J connectivity index is 0. The summed E-state index contributed by atoms with van der Waals surface area (Å²) in [6, 6.07) is 5.72. The molecule has 0 spiro atoms. The predicted octanol–water partition coefficient (Wildman–Crippen LogP) is 2.65. The average molecular weight is 290 g/mol. The van der Waals surface area contributed by atoms with Crippen LogP contribution in [0.15, 0.2) is 24.4 Å². The van der Waals surface area contributed by atoms with Gasteiger partial charge in [-0.05, 0) is 12.5 Å². The third kappa shape index (κ3) is 13.0. The van der Waals surface area contributed by atoms with Crippen molar-refractivity contribution in [2.45, 2.75) is 32.6 Å². The molecule has 5 heteroatoms. The van der Waals surface area contributed by atoms with Crippen molar-refractivity contribution in [3.8, 4) is 5.88 Å². The summed E-state index contributed by atoms with van der Waals surface area (Å²) in [6.07, 6.45) is 6.70. The van der Waals surface area contributed by atoms with Crippen molar-refractivity contribution >= 4 is 6.47 Å². The number of unbranched alkanes of at least 4 members (excludes halogenated alkanes) is 3. The topological polar surface area (TPSA) is 59.4 Å². The van der Waals surface area contributed by atoms with Gasteiger partial charge in [0.15, 0.2) is 0 Å². The molecule has 0 atom stereocenters. The second-order valence-corrected chi connectivity index (χ2v) is 3.17. The molecule has 0 aliphatic carbocycles. The summed E-state index contributed by atoms with van der Waals surface area (Å²) >= 11 is 0. The van der Waals surface area contributed by atoms with Crippen molar-refractivity contribution in [2.75, 3.05) is 6.61 Å². The summed E-state index contributed by atoms with van der Waals surface area (Å²) in [5.41, 5.74) is 0. The summed E-state index contributed by atoms with van der Waals surface area (Å²) < 4.78 is 5.44. The van der Waals surface area contributed by atoms with Gasteiger partial charge in [0.25, 0.3) is 0 Å². The molecule has 1 aromatic rings. The molecule has 0 unspecified atom stereocenters. The Hall–Kier alpha value is -0.957. The van der Waals surface area contributed by atoms with Gasteiger partial charge in [0.05, 0.1) is 6.61 Å². The SMILES string of the molecule is CCCCCCOc1ccccn1.O=[C-]O.[Zn]. The normalized spacial score (nSPS) is 8.29. The van der Waals surface area contributed by atoms with Crippen molar-refractivity contribution in [1.29, 1.82) is 0 Å². The second-order valence-electron chi connectivity index (χ2n) is 3.17. The van der Waals surface area contributed by atoms with Crippen LogP contribution in [0.5, 0.6) is 5.88 Å². The maximum absolute atomic E-state index is 8.24. The summed E-state index contributed by atoms with van der Waals surface area (Å²) in [5.74, 6) is 0.735. The van der Waals surface area contributed by atoms with Crippen LogP contribution in [0.2, 0.25) is 0 Å². The minimum atomic E-state index is 0. The molecule has 0 radical (unpaired) electrons. The van der Waals surface area contributed by atoms with Crippen LogP contribution >= 0.6 is 0 Å². The number of nitrogens with zero attached hydrogens (tertiary/aromatic N) is 1. The fourth-order valence-corrected chi connectivity index (χ4v) is 1.14. The van der Waals surface area contributed by atoms with E-state index >= 15 is 0 Å². The van der Waals surface area contributed by atoms with Crippen LogP contribution < -0.4 is 4.74 Å². The van der Waals surface area contributed by atoms with E-state index in [1.807, 2.05) is 18.2 Å². The fourth-order valence-electron chi connectivity index (χ4n) is 1.14. The number of aromatic nitrogens is 1. The Morgan fingerprint density at radius 1 is 1.35 bits per heavy atom. The average Bonchev–Trinajstić information content (AvgIpc) is 2.31. The smallest absolute Gasteiger partial charge is 0.213 e. The number of ether oxygens (including phenoxy) is 1. The van der Waals surface area contributed by atoms with E-state index in [9.17, 15) is 0 Å². The quantitative estimate of drug-likeness (QED) is 0.497. The van der Waals surface area contributed by atoms with Crippen LogP contribution in [0, 0.1) is 0 Å². The van der Waals surface area contributed by atoms with E-state index in [4.69, 9.17) is 14.6 Å². The van der Waals surface area contributed by atoms with Crippen molar-refractivity contribution in [2.24, 2.45) is 0 Å². The molecule has 0 aliphatic heterocycles. The van der Waals surface area contributed by atoms with E-state index in [0.29, 0.717) is 6.47 Å². The van der Waals surface area contributed by atoms with Crippen LogP contribution in [0.25, 0.3) is 0 Å². The van der Waals surface area contributed by atoms with Crippen LogP contribution in [0.4, 0.5) is 0 Å². The second kappa shape index (κ2) is 15.0. The van der Waals surface area contributed by atoms with Gasteiger partial charge in [-0.25, -0.2) is 4.98 Å². The van der Waals surface area contributed by atoms with Crippen LogP contribution in [0.3, 0.4) is 0 Å². The monoisotopic (exact) mass is 288 g/mol. The van der Waals surface area contributed by atoms with Gasteiger partial charge < -0.3 is 14.6 Å². The number of pyridine rings is 1. The van der Waals surface area contributed by atoms with Gasteiger partial charge in [-0.1, -0.05) is 38.7 Å². The van der Waals surface area contributed by atoms with Gasteiger partial charge in [0, 0.05) is 31.7 Å². The molecular formula is C12H18NO3Zn-. The van der Waals surface area contributed by atoms with Gasteiger partial charge >= 0.3 is 0 Å². The van der Waals surface area contributed by atoms with E-state index in [2.05, 4.69) is 11.9 Å². The Morgan fingerprint density at radius 2 is 2.06 bits per heavy atom. The van der Waals surface area contributed by atoms with Crippen LogP contribution in [-0.4, -0.2) is 23.2 Å². The molecule has 0 bridgehead atoms. The molecule has 0 saturated heterocycles. The summed E-state index contributed by atoms with van der Waals surface area (Å²) in [7, 11) is 0. The molecule has 1 heterocycles. The minimum absolute atomic E-state index is 0. The summed E-state index contributed by atoms with van der Waals surface area (Å²) in [5, 5.41) is 6.76. The van der Waals surface area contributed by atoms with Crippen molar-refractivity contribution in [3.05, 3.63) is 24.4 Å². The van der Waals surface area contributed by atoms with E-state index in [1.54, 1.807) is 6.20 Å². The first kappa shape index (κ1) is 18.4. The molecule has 4 nitrogen and oxygen atoms in total. The predicted molar refractivity (Wildman–Crippen MR) is 62.2 cm³/mol. The number of rotatable bonds is 6. The Bertz CT molecular complexity index is 257. The van der Waals surface area contributed by atoms with Crippen molar-refractivity contribution in [1.82, 2.24) is 4.98 Å². The summed E-state index contributed by atoms with van der Waals surface area (Å²) in [6.45, 7) is 3.50. The first-order valence-corrected chi connectivity index (χ1v) is 5.40. The molecule has 0 aliphatic rings. The number of hydrogen-bond donors (Lipinski definition) is 1. The third-order valence-corrected chi connectivity index (χ3v) is 1.89. The van der Waals surface area contributed by atoms with Gasteiger partial charge in [0.2, 0.25) is 5.88 Å². The minimum Gasteiger partial charge on any atom is -0.665 e. The molecule has 1 aromatic heterocycles. The zero-order valence-corrected chi connectivity index (χ0v) is 13.2. The Morgan fingerprint density at radius 3 is 2.59 bits per heavy atom. The first-order chi connectivity index (χ1) is 7.85. The fraction of sp³-hybridized carbons (Fsp3) is 0.500. The van der Waals surface area contributed by atoms with Gasteiger partial charge in [0.1, 0.15) is 0 Å². The molecular weight excluding hydrogens is 272 g/mol. The van der Waals surface area contributed by atoms with E-state index in [1.165, 1.54) is 19.3 Å². The zero-order chi connectivity index (χ0) is 12.1. The van der Waals surface area contributed by atoms with Gasteiger partial charge in [-0.2, -0.15) is 0 Å². The molecule has 0 fully saturated rings. The van der Waals surface area contributed by atoms with E-state index < -0.39 is 0 Å². The van der Waals surface area contributed by atoms with Gasteiger partial charge in [-0.15, -0.1) is 0 Å². The van der Waals surface area contributed by atoms with E-state index in [-0.39, 0.29) is 19.5 Å². The largest absolute Gasteiger partial charge is 0.665 e. The standard InChI is InChI=1S/C11H17NO.CHO2.Zn/c1-2-3-4-7-10-13-11-8-5-6-9-12-11;2-1-3;/h5-6,8-9H,2-4,7,10H2,1H3;(H,2,3);/q;-1;. The third-order valence-electron chi connectivity index (χ3n) is 1.89. The van der Waals surface area contributed by atoms with Crippen molar-refractivity contribution in [3.63, 3.8) is 0 Å². The molecule has 0 amide bonds. The molecule has 1 rings (SSSR count). The molecule has 17 heavy (non-hydrogen) atoms. The van der Waals surface area contributed by atoms with Gasteiger partial charge in [-0.3, -0.25) is 0 Å². The molecule has 0 saturated carbocycles. The van der Waals surface area contributed by atoms with Crippen LogP contribution in [-0.2, 0) is 24.3 Å². The first-order valence-electron chi connectivity index (χ1n) is 5.40. The maximum atomic E-state index is 8.24. The van der Waals surface area contributed by atoms with E-state index in [0.717, 1.165) is 18.9 Å². The summed E-state index contributed by atoms with van der Waals surface area (Å²) in [4.78, 5) is 12.3. The molecule has 0 aromatic carbocycles. The maximum Gasteiger partial charge on any atom is 0.213 e. The Labute approximate surface area is 115 Å². The number of hydrogen-bond acceptors (Lipinski definition) is 3. The Kier molecular flexibility index (Phi) is 16.3. The van der Waals surface area contributed by atoms with Crippen LogP contribution in [0.1, 0.15) is 32.6 Å². The van der Waals surface area contributed by atoms with Crippen molar-refractivity contribution < 1.29 is 34.1 Å². The molecule has 1 N–H and O–H groups in total. The molecule has 92 valence electrons. The zero-order valence-electron chi connectivity index (χ0n) is 10.3. The number of aliphatic hydroxyl groups excluding tert-OH is 1.